The van der Waals surface area contributed by atoms with Crippen LogP contribution in [-0.4, -0.2) is 4.98 Å². The highest BCUT2D eigenvalue weighted by molar-refractivity contribution is 5.19. The average Bonchev–Trinajstić information content (AvgIpc) is 2.49. The third kappa shape index (κ3) is 3.90. The SMILES string of the molecule is CCC(CCC(N)c1cccnc1)c1ccccc1. The number of hydrogen-bond acceptors (Lipinski definition) is 2. The van der Waals surface area contributed by atoms with Gasteiger partial charge in [0, 0.05) is 18.4 Å². The van der Waals surface area contributed by atoms with E-state index in [0.29, 0.717) is 5.92 Å². The van der Waals surface area contributed by atoms with Crippen molar-refractivity contribution in [2.24, 2.45) is 5.73 Å². The van der Waals surface area contributed by atoms with Crippen molar-refractivity contribution >= 4 is 0 Å². The molecule has 0 aliphatic carbocycles. The minimum atomic E-state index is 0.0893. The van der Waals surface area contributed by atoms with Crippen LogP contribution < -0.4 is 5.73 Å². The summed E-state index contributed by atoms with van der Waals surface area (Å²) in [6.45, 7) is 2.24. The second-order valence-electron chi connectivity index (χ2n) is 4.99. The topological polar surface area (TPSA) is 38.9 Å². The Morgan fingerprint density at radius 1 is 1.00 bits per heavy atom. The standard InChI is InChI=1S/C17H22N2/c1-2-14(15-7-4-3-5-8-15)10-11-17(18)16-9-6-12-19-13-16/h3-9,12-14,17H,2,10-11,18H2,1H3. The van der Waals surface area contributed by atoms with Crippen molar-refractivity contribution in [2.45, 2.75) is 38.1 Å². The largest absolute Gasteiger partial charge is 0.324 e. The van der Waals surface area contributed by atoms with Crippen molar-refractivity contribution in [1.29, 1.82) is 0 Å². The Labute approximate surface area is 115 Å². The first-order valence-corrected chi connectivity index (χ1v) is 7.01. The maximum Gasteiger partial charge on any atom is 0.0315 e. The van der Waals surface area contributed by atoms with Crippen LogP contribution in [0.5, 0.6) is 0 Å². The molecule has 2 heteroatoms. The Bertz CT molecular complexity index is 467. The average molecular weight is 254 g/mol. The zero-order chi connectivity index (χ0) is 13.5. The van der Waals surface area contributed by atoms with Crippen molar-refractivity contribution in [3.05, 3.63) is 66.0 Å². The zero-order valence-electron chi connectivity index (χ0n) is 11.5. The summed E-state index contributed by atoms with van der Waals surface area (Å²) in [6, 6.07) is 14.8. The van der Waals surface area contributed by atoms with Crippen LogP contribution in [-0.2, 0) is 0 Å². The summed E-state index contributed by atoms with van der Waals surface area (Å²) >= 11 is 0. The van der Waals surface area contributed by atoms with Crippen LogP contribution >= 0.6 is 0 Å². The maximum absolute atomic E-state index is 6.24. The Kier molecular flexibility index (Phi) is 5.10. The molecule has 0 aliphatic heterocycles. The molecular weight excluding hydrogens is 232 g/mol. The number of pyridine rings is 1. The summed E-state index contributed by atoms with van der Waals surface area (Å²) < 4.78 is 0. The highest BCUT2D eigenvalue weighted by atomic mass is 14.7. The van der Waals surface area contributed by atoms with Gasteiger partial charge in [-0.1, -0.05) is 43.3 Å². The molecule has 0 radical (unpaired) electrons. The molecular formula is C17H22N2. The van der Waals surface area contributed by atoms with Crippen molar-refractivity contribution in [1.82, 2.24) is 4.98 Å². The second-order valence-corrected chi connectivity index (χ2v) is 4.99. The lowest BCUT2D eigenvalue weighted by Gasteiger charge is -2.18. The van der Waals surface area contributed by atoms with Crippen LogP contribution in [0, 0.1) is 0 Å². The molecule has 100 valence electrons. The first kappa shape index (κ1) is 13.8. The molecule has 0 spiro atoms. The maximum atomic E-state index is 6.24. The molecule has 0 fully saturated rings. The van der Waals surface area contributed by atoms with E-state index in [4.69, 9.17) is 5.73 Å². The van der Waals surface area contributed by atoms with Crippen molar-refractivity contribution in [3.8, 4) is 0 Å². The predicted octanol–water partition coefficient (Wildman–Crippen LogP) is 4.06. The molecule has 0 saturated heterocycles. The smallest absolute Gasteiger partial charge is 0.0315 e. The Hall–Kier alpha value is -1.67. The van der Waals surface area contributed by atoms with Gasteiger partial charge < -0.3 is 5.73 Å². The van der Waals surface area contributed by atoms with Gasteiger partial charge in [-0.2, -0.15) is 0 Å². The molecule has 2 unspecified atom stereocenters. The summed E-state index contributed by atoms with van der Waals surface area (Å²) in [4.78, 5) is 4.13. The molecule has 2 nitrogen and oxygen atoms in total. The summed E-state index contributed by atoms with van der Waals surface area (Å²) in [7, 11) is 0. The number of nitrogens with zero attached hydrogens (tertiary/aromatic N) is 1. The minimum absolute atomic E-state index is 0.0893. The molecule has 0 aliphatic rings. The highest BCUT2D eigenvalue weighted by Crippen LogP contribution is 2.27. The third-order valence-corrected chi connectivity index (χ3v) is 3.70. The van der Waals surface area contributed by atoms with Gasteiger partial charge in [0.05, 0.1) is 0 Å². The van der Waals surface area contributed by atoms with Crippen LogP contribution in [0.2, 0.25) is 0 Å². The van der Waals surface area contributed by atoms with Crippen LogP contribution in [0.4, 0.5) is 0 Å². The molecule has 0 amide bonds. The Balaban J connectivity index is 1.94. The molecule has 0 saturated carbocycles. The second kappa shape index (κ2) is 7.05. The third-order valence-electron chi connectivity index (χ3n) is 3.70. The van der Waals surface area contributed by atoms with E-state index in [1.54, 1.807) is 6.20 Å². The lowest BCUT2D eigenvalue weighted by atomic mass is 9.89. The van der Waals surface area contributed by atoms with E-state index in [-0.39, 0.29) is 6.04 Å². The normalized spacial score (nSPS) is 14.0. The molecule has 1 heterocycles. The fraction of sp³-hybridized carbons (Fsp3) is 0.353. The first-order chi connectivity index (χ1) is 9.31. The molecule has 2 atom stereocenters. The van der Waals surface area contributed by atoms with E-state index < -0.39 is 0 Å². The van der Waals surface area contributed by atoms with Gasteiger partial charge in [0.2, 0.25) is 0 Å². The van der Waals surface area contributed by atoms with Gasteiger partial charge in [0.1, 0.15) is 0 Å². The summed E-state index contributed by atoms with van der Waals surface area (Å²) in [5, 5.41) is 0. The number of hydrogen-bond donors (Lipinski definition) is 1. The van der Waals surface area contributed by atoms with E-state index in [0.717, 1.165) is 24.8 Å². The summed E-state index contributed by atoms with van der Waals surface area (Å²) in [6.07, 6.45) is 6.93. The quantitative estimate of drug-likeness (QED) is 0.844. The predicted molar refractivity (Wildman–Crippen MR) is 79.9 cm³/mol. The van der Waals surface area contributed by atoms with E-state index in [1.807, 2.05) is 12.3 Å². The van der Waals surface area contributed by atoms with Crippen LogP contribution in [0.15, 0.2) is 54.9 Å². The van der Waals surface area contributed by atoms with Gasteiger partial charge in [0.15, 0.2) is 0 Å². The molecule has 0 bridgehead atoms. The molecule has 2 rings (SSSR count). The highest BCUT2D eigenvalue weighted by Gasteiger charge is 2.12. The van der Waals surface area contributed by atoms with Crippen molar-refractivity contribution < 1.29 is 0 Å². The molecule has 19 heavy (non-hydrogen) atoms. The van der Waals surface area contributed by atoms with E-state index in [1.165, 1.54) is 5.56 Å². The van der Waals surface area contributed by atoms with E-state index in [9.17, 15) is 0 Å². The van der Waals surface area contributed by atoms with Crippen LogP contribution in [0.25, 0.3) is 0 Å². The fourth-order valence-electron chi connectivity index (χ4n) is 2.47. The van der Waals surface area contributed by atoms with Gasteiger partial charge in [-0.15, -0.1) is 0 Å². The first-order valence-electron chi connectivity index (χ1n) is 7.01. The minimum Gasteiger partial charge on any atom is -0.324 e. The van der Waals surface area contributed by atoms with E-state index in [2.05, 4.69) is 48.3 Å². The van der Waals surface area contributed by atoms with Crippen molar-refractivity contribution in [2.75, 3.05) is 0 Å². The summed E-state index contributed by atoms with van der Waals surface area (Å²) in [5.74, 6) is 0.601. The zero-order valence-corrected chi connectivity index (χ0v) is 11.5. The van der Waals surface area contributed by atoms with Crippen molar-refractivity contribution in [3.63, 3.8) is 0 Å². The number of nitrogens with two attached hydrogens (primary N) is 1. The molecule has 1 aromatic carbocycles. The lowest BCUT2D eigenvalue weighted by Crippen LogP contribution is -2.12. The summed E-state index contributed by atoms with van der Waals surface area (Å²) in [5.41, 5.74) is 8.79. The number of benzene rings is 1. The van der Waals surface area contributed by atoms with Crippen LogP contribution in [0.3, 0.4) is 0 Å². The Morgan fingerprint density at radius 3 is 2.37 bits per heavy atom. The molecule has 2 N–H and O–H groups in total. The number of rotatable bonds is 6. The van der Waals surface area contributed by atoms with Gasteiger partial charge in [0.25, 0.3) is 0 Å². The van der Waals surface area contributed by atoms with Gasteiger partial charge in [-0.25, -0.2) is 0 Å². The van der Waals surface area contributed by atoms with Gasteiger partial charge >= 0.3 is 0 Å². The van der Waals surface area contributed by atoms with Gasteiger partial charge in [-0.3, -0.25) is 4.98 Å². The number of aromatic nitrogens is 1. The monoisotopic (exact) mass is 254 g/mol. The van der Waals surface area contributed by atoms with Crippen LogP contribution in [0.1, 0.15) is 49.3 Å². The van der Waals surface area contributed by atoms with Gasteiger partial charge in [-0.05, 0) is 42.4 Å². The molecule has 1 aromatic heterocycles. The fourth-order valence-corrected chi connectivity index (χ4v) is 2.47. The lowest BCUT2D eigenvalue weighted by molar-refractivity contribution is 0.524. The molecule has 2 aromatic rings. The Morgan fingerprint density at radius 2 is 1.74 bits per heavy atom. The van der Waals surface area contributed by atoms with E-state index >= 15 is 0 Å².